The minimum absolute atomic E-state index is 0.00185. The Morgan fingerprint density at radius 2 is 2.14 bits per heavy atom. The van der Waals surface area contributed by atoms with Gasteiger partial charge in [0, 0.05) is 12.3 Å². The van der Waals surface area contributed by atoms with Crippen LogP contribution in [0, 0.1) is 0 Å². The number of aromatic nitrogens is 3. The third kappa shape index (κ3) is 3.81. The van der Waals surface area contributed by atoms with Gasteiger partial charge >= 0.3 is 5.97 Å². The summed E-state index contributed by atoms with van der Waals surface area (Å²) in [5, 5.41) is 11.5. The monoisotopic (exact) mass is 304 g/mol. The highest BCUT2D eigenvalue weighted by Crippen LogP contribution is 2.10. The Morgan fingerprint density at radius 3 is 2.73 bits per heavy atom. The van der Waals surface area contributed by atoms with Gasteiger partial charge in [-0.2, -0.15) is 0 Å². The molecule has 1 amide bonds. The van der Waals surface area contributed by atoms with Crippen molar-refractivity contribution in [3.8, 4) is 5.88 Å². The van der Waals surface area contributed by atoms with Gasteiger partial charge in [-0.25, -0.2) is 14.8 Å². The summed E-state index contributed by atoms with van der Waals surface area (Å²) in [5.41, 5.74) is 0.570. The van der Waals surface area contributed by atoms with Gasteiger partial charge in [-0.1, -0.05) is 0 Å². The second-order valence-electron chi connectivity index (χ2n) is 4.77. The Labute approximate surface area is 126 Å². The molecule has 0 aromatic carbocycles. The van der Waals surface area contributed by atoms with Crippen LogP contribution in [0.1, 0.15) is 40.4 Å². The van der Waals surface area contributed by atoms with Gasteiger partial charge in [-0.3, -0.25) is 4.79 Å². The topological polar surface area (TPSA) is 117 Å². The van der Waals surface area contributed by atoms with Crippen LogP contribution in [0.5, 0.6) is 5.88 Å². The first-order valence-corrected chi connectivity index (χ1v) is 6.64. The van der Waals surface area contributed by atoms with Crippen molar-refractivity contribution >= 4 is 11.9 Å². The number of carboxylic acids is 1. The predicted molar refractivity (Wildman–Crippen MR) is 76.7 cm³/mol. The summed E-state index contributed by atoms with van der Waals surface area (Å²) in [4.78, 5) is 33.3. The number of ether oxygens (including phenoxy) is 1. The number of nitrogens with one attached hydrogen (secondary N) is 2. The van der Waals surface area contributed by atoms with E-state index in [-0.39, 0.29) is 24.2 Å². The molecule has 0 aliphatic rings. The van der Waals surface area contributed by atoms with E-state index in [1.165, 1.54) is 12.5 Å². The van der Waals surface area contributed by atoms with Gasteiger partial charge < -0.3 is 20.1 Å². The number of nitrogens with zero attached hydrogens (tertiary/aromatic N) is 2. The standard InChI is InChI=1S/C14H16N4O4/c1-8(2)22-11-4-3-9(5-15-11)13(19)16-6-10-12(14(20)21)18-7-17-10/h3-5,7-8H,6H2,1-2H3,(H,16,19)(H,17,18)(H,20,21). The molecule has 8 heteroatoms. The molecule has 0 fully saturated rings. The highest BCUT2D eigenvalue weighted by molar-refractivity contribution is 5.94. The molecule has 0 unspecified atom stereocenters. The molecule has 2 aromatic rings. The molecular weight excluding hydrogens is 288 g/mol. The van der Waals surface area contributed by atoms with Crippen molar-refractivity contribution in [2.24, 2.45) is 0 Å². The van der Waals surface area contributed by atoms with Crippen LogP contribution in [0.2, 0.25) is 0 Å². The lowest BCUT2D eigenvalue weighted by atomic mass is 10.2. The number of hydrogen-bond acceptors (Lipinski definition) is 5. The van der Waals surface area contributed by atoms with Crippen molar-refractivity contribution in [2.45, 2.75) is 26.5 Å². The fourth-order valence-corrected chi connectivity index (χ4v) is 1.74. The van der Waals surface area contributed by atoms with Crippen LogP contribution in [-0.4, -0.2) is 38.0 Å². The third-order valence-electron chi connectivity index (χ3n) is 2.70. The number of aromatic amines is 1. The summed E-state index contributed by atoms with van der Waals surface area (Å²) in [6, 6.07) is 3.19. The molecule has 2 heterocycles. The number of H-pyrrole nitrogens is 1. The van der Waals surface area contributed by atoms with Crippen molar-refractivity contribution < 1.29 is 19.4 Å². The van der Waals surface area contributed by atoms with E-state index in [2.05, 4.69) is 20.3 Å². The van der Waals surface area contributed by atoms with Crippen molar-refractivity contribution in [3.63, 3.8) is 0 Å². The van der Waals surface area contributed by atoms with E-state index < -0.39 is 5.97 Å². The van der Waals surface area contributed by atoms with Crippen LogP contribution in [0.3, 0.4) is 0 Å². The number of pyridine rings is 1. The number of carbonyl (C=O) groups is 2. The van der Waals surface area contributed by atoms with E-state index in [9.17, 15) is 9.59 Å². The highest BCUT2D eigenvalue weighted by atomic mass is 16.5. The number of rotatable bonds is 6. The molecule has 0 saturated heterocycles. The lowest BCUT2D eigenvalue weighted by Gasteiger charge is -2.09. The van der Waals surface area contributed by atoms with Crippen molar-refractivity contribution in [1.82, 2.24) is 20.3 Å². The van der Waals surface area contributed by atoms with Gasteiger partial charge in [0.25, 0.3) is 5.91 Å². The zero-order chi connectivity index (χ0) is 16.1. The molecule has 0 atom stereocenters. The number of imidazole rings is 1. The zero-order valence-electron chi connectivity index (χ0n) is 12.2. The Bertz CT molecular complexity index is 664. The molecule has 3 N–H and O–H groups in total. The van der Waals surface area contributed by atoms with Gasteiger partial charge in [0.05, 0.1) is 30.2 Å². The molecule has 116 valence electrons. The largest absolute Gasteiger partial charge is 0.476 e. The molecule has 2 aromatic heterocycles. The Hall–Kier alpha value is -2.90. The fourth-order valence-electron chi connectivity index (χ4n) is 1.74. The minimum Gasteiger partial charge on any atom is -0.476 e. The van der Waals surface area contributed by atoms with E-state index in [0.29, 0.717) is 17.1 Å². The molecular formula is C14H16N4O4. The molecule has 0 aliphatic heterocycles. The Morgan fingerprint density at radius 1 is 1.36 bits per heavy atom. The van der Waals surface area contributed by atoms with Crippen molar-refractivity contribution in [2.75, 3.05) is 0 Å². The van der Waals surface area contributed by atoms with Gasteiger partial charge in [0.15, 0.2) is 5.69 Å². The lowest BCUT2D eigenvalue weighted by molar-refractivity contribution is 0.0688. The molecule has 0 bridgehead atoms. The number of amides is 1. The summed E-state index contributed by atoms with van der Waals surface area (Å²) >= 11 is 0. The van der Waals surface area contributed by atoms with Gasteiger partial charge in [0.2, 0.25) is 5.88 Å². The summed E-state index contributed by atoms with van der Waals surface area (Å²) < 4.78 is 5.39. The number of carbonyl (C=O) groups excluding carboxylic acids is 1. The molecule has 2 rings (SSSR count). The van der Waals surface area contributed by atoms with Crippen LogP contribution in [-0.2, 0) is 6.54 Å². The maximum Gasteiger partial charge on any atom is 0.356 e. The second kappa shape index (κ2) is 6.70. The Kier molecular flexibility index (Phi) is 4.72. The first-order chi connectivity index (χ1) is 10.5. The quantitative estimate of drug-likeness (QED) is 0.738. The highest BCUT2D eigenvalue weighted by Gasteiger charge is 2.14. The second-order valence-corrected chi connectivity index (χ2v) is 4.77. The molecule has 0 radical (unpaired) electrons. The van der Waals surface area contributed by atoms with Crippen LogP contribution >= 0.6 is 0 Å². The van der Waals surface area contributed by atoms with Crippen LogP contribution < -0.4 is 10.1 Å². The van der Waals surface area contributed by atoms with Gasteiger partial charge in [-0.15, -0.1) is 0 Å². The smallest absolute Gasteiger partial charge is 0.356 e. The summed E-state index contributed by atoms with van der Waals surface area (Å²) in [5.74, 6) is -1.08. The van der Waals surface area contributed by atoms with Crippen LogP contribution in [0.15, 0.2) is 24.7 Å². The van der Waals surface area contributed by atoms with Gasteiger partial charge in [-0.05, 0) is 19.9 Å². The summed E-state index contributed by atoms with van der Waals surface area (Å²) in [7, 11) is 0. The lowest BCUT2D eigenvalue weighted by Crippen LogP contribution is -2.24. The average Bonchev–Trinajstić information content (AvgIpc) is 2.93. The van der Waals surface area contributed by atoms with Crippen molar-refractivity contribution in [3.05, 3.63) is 41.6 Å². The fraction of sp³-hybridized carbons (Fsp3) is 0.286. The van der Waals surface area contributed by atoms with Crippen LogP contribution in [0.25, 0.3) is 0 Å². The van der Waals surface area contributed by atoms with E-state index in [1.807, 2.05) is 13.8 Å². The molecule has 0 spiro atoms. The summed E-state index contributed by atoms with van der Waals surface area (Å²) in [6.45, 7) is 3.80. The van der Waals surface area contributed by atoms with Crippen molar-refractivity contribution in [1.29, 1.82) is 0 Å². The molecule has 22 heavy (non-hydrogen) atoms. The zero-order valence-corrected chi connectivity index (χ0v) is 12.2. The first kappa shape index (κ1) is 15.5. The molecule has 8 nitrogen and oxygen atoms in total. The number of hydrogen-bond donors (Lipinski definition) is 3. The molecule has 0 saturated carbocycles. The van der Waals surface area contributed by atoms with Crippen LogP contribution in [0.4, 0.5) is 0 Å². The summed E-state index contributed by atoms with van der Waals surface area (Å²) in [6.07, 6.45) is 2.67. The van der Waals surface area contributed by atoms with E-state index in [4.69, 9.17) is 9.84 Å². The van der Waals surface area contributed by atoms with E-state index in [1.54, 1.807) is 12.1 Å². The Balaban J connectivity index is 1.97. The first-order valence-electron chi connectivity index (χ1n) is 6.64. The number of aromatic carboxylic acids is 1. The van der Waals surface area contributed by atoms with E-state index >= 15 is 0 Å². The minimum atomic E-state index is -1.15. The molecule has 0 aliphatic carbocycles. The van der Waals surface area contributed by atoms with Gasteiger partial charge in [0.1, 0.15) is 0 Å². The maximum atomic E-state index is 12.0. The normalized spacial score (nSPS) is 10.5. The SMILES string of the molecule is CC(C)Oc1ccc(C(=O)NCc2[nH]cnc2C(=O)O)cn1. The maximum absolute atomic E-state index is 12.0. The number of carboxylic acid groups (broad SMARTS) is 1. The third-order valence-corrected chi connectivity index (χ3v) is 2.70. The van der Waals surface area contributed by atoms with E-state index in [0.717, 1.165) is 0 Å². The average molecular weight is 304 g/mol. The predicted octanol–water partition coefficient (Wildman–Crippen LogP) is 1.22.